The van der Waals surface area contributed by atoms with Crippen LogP contribution in [0.15, 0.2) is 97.2 Å². The molecule has 0 aromatic rings. The molecule has 0 heterocycles. The van der Waals surface area contributed by atoms with E-state index in [1.165, 1.54) is 154 Å². The summed E-state index contributed by atoms with van der Waals surface area (Å²) in [5, 5.41) is 3.03. The van der Waals surface area contributed by atoms with Crippen LogP contribution in [-0.4, -0.2) is 69.4 Å². The molecule has 0 saturated heterocycles. The predicted octanol–water partition coefficient (Wildman–Crippen LogP) is 20.5. The van der Waals surface area contributed by atoms with Gasteiger partial charge >= 0.3 is 5.97 Å². The molecule has 0 bridgehead atoms. The van der Waals surface area contributed by atoms with E-state index >= 15 is 0 Å². The topological polar surface area (TPSA) is 114 Å². The first-order valence-corrected chi connectivity index (χ1v) is 35.0. The molecule has 10 heteroatoms. The average molecular weight is 1150 g/mol. The van der Waals surface area contributed by atoms with E-state index < -0.39 is 26.6 Å². The summed E-state index contributed by atoms with van der Waals surface area (Å²) in [5.41, 5.74) is 0. The van der Waals surface area contributed by atoms with Crippen molar-refractivity contribution in [2.24, 2.45) is 0 Å². The summed E-state index contributed by atoms with van der Waals surface area (Å²) >= 11 is 0. The van der Waals surface area contributed by atoms with Gasteiger partial charge < -0.3 is 28.5 Å². The van der Waals surface area contributed by atoms with Gasteiger partial charge in [-0.05, 0) is 96.0 Å². The van der Waals surface area contributed by atoms with Crippen LogP contribution in [0.1, 0.15) is 290 Å². The molecule has 0 aliphatic carbocycles. The number of hydrogen-bond acceptors (Lipinski definition) is 7. The number of phosphoric acid groups is 1. The van der Waals surface area contributed by atoms with Crippen molar-refractivity contribution in [3.63, 3.8) is 0 Å². The number of unbranched alkanes of at least 4 members (excludes halogenated alkanes) is 32. The van der Waals surface area contributed by atoms with Crippen molar-refractivity contribution in [3.05, 3.63) is 97.2 Å². The molecule has 0 spiro atoms. The summed E-state index contributed by atoms with van der Waals surface area (Å²) in [4.78, 5) is 40.1. The van der Waals surface area contributed by atoms with Crippen molar-refractivity contribution in [2.45, 2.75) is 303 Å². The molecule has 0 fully saturated rings. The summed E-state index contributed by atoms with van der Waals surface area (Å²) in [6.07, 6.45) is 80.9. The first kappa shape index (κ1) is 77.9. The van der Waals surface area contributed by atoms with Crippen LogP contribution in [0, 0.1) is 0 Å². The van der Waals surface area contributed by atoms with E-state index in [1.54, 1.807) is 0 Å². The Morgan fingerprint density at radius 1 is 0.457 bits per heavy atom. The summed E-state index contributed by atoms with van der Waals surface area (Å²) in [6, 6.07) is -0.901. The predicted molar refractivity (Wildman–Crippen MR) is 348 cm³/mol. The standard InChI is InChI=1S/C71H127N2O7P/c1-7-10-13-16-19-22-25-28-30-31-32-33-34-35-36-37-38-39-40-41-43-45-48-51-54-57-60-63-70(74)72-68(67-79-81(76,77)78-66-65-73(4,5)6)69(62-59-56-53-50-47-44-27-24-21-18-15-12-9-3)80-71(75)64-61-58-55-52-49-46-42-29-26-23-20-17-14-11-8-2/h11,14,17,19-20,22-23,26,28,30,32-33,35-36,59,62,68-69H,7-10,12-13,15-16,18,21,24-25,27,29,31,34,37-58,60-61,63-67H2,1-6H3,(H-,72,74,76,77)/b14-11+,20-17+,22-19-,26-23+,30-28-,33-32-,36-35-,62-59-. The molecular weight excluding hydrogens is 1020 g/mol. The number of carbonyl (C=O) groups excluding carboxylic acids is 2. The Hall–Kier alpha value is -3.07. The molecule has 0 radical (unpaired) electrons. The Morgan fingerprint density at radius 3 is 1.31 bits per heavy atom. The van der Waals surface area contributed by atoms with Crippen molar-refractivity contribution in [2.75, 3.05) is 40.9 Å². The number of hydrogen-bond donors (Lipinski definition) is 1. The Bertz CT molecular complexity index is 1710. The third-order valence-electron chi connectivity index (χ3n) is 14.6. The minimum atomic E-state index is -4.71. The van der Waals surface area contributed by atoms with E-state index in [1.807, 2.05) is 33.3 Å². The van der Waals surface area contributed by atoms with Crippen molar-refractivity contribution in [1.29, 1.82) is 0 Å². The fraction of sp³-hybridized carbons (Fsp3) is 0.746. The largest absolute Gasteiger partial charge is 0.756 e. The SMILES string of the molecule is CC/C=C/C=C/C=C/CCCCCCCCCC(=O)OC(/C=C\CCCCCCCCCCCCC)C(COP(=O)([O-])OCC[N+](C)(C)C)NC(=O)CCCCCCCCCCCCC/C=C\C/C=C\C/C=C\C/C=C\CCCCC. The maximum Gasteiger partial charge on any atom is 0.306 e. The van der Waals surface area contributed by atoms with Gasteiger partial charge in [0.15, 0.2) is 0 Å². The molecule has 0 aromatic carbocycles. The van der Waals surface area contributed by atoms with Gasteiger partial charge in [0.2, 0.25) is 5.91 Å². The van der Waals surface area contributed by atoms with Crippen molar-refractivity contribution >= 4 is 19.7 Å². The zero-order valence-electron chi connectivity index (χ0n) is 53.5. The van der Waals surface area contributed by atoms with Crippen LogP contribution >= 0.6 is 7.82 Å². The van der Waals surface area contributed by atoms with Crippen molar-refractivity contribution in [3.8, 4) is 0 Å². The number of carbonyl (C=O) groups is 2. The lowest BCUT2D eigenvalue weighted by Gasteiger charge is -2.30. The number of allylic oxidation sites excluding steroid dienone is 15. The van der Waals surface area contributed by atoms with Crippen LogP contribution < -0.4 is 10.2 Å². The molecule has 1 amide bonds. The van der Waals surface area contributed by atoms with Crippen LogP contribution in [0.25, 0.3) is 0 Å². The van der Waals surface area contributed by atoms with Gasteiger partial charge in [-0.1, -0.05) is 279 Å². The molecule has 468 valence electrons. The lowest BCUT2D eigenvalue weighted by molar-refractivity contribution is -0.870. The maximum atomic E-state index is 13.6. The second-order valence-electron chi connectivity index (χ2n) is 23.7. The van der Waals surface area contributed by atoms with Crippen LogP contribution in [0.4, 0.5) is 0 Å². The highest BCUT2D eigenvalue weighted by atomic mass is 31.2. The highest BCUT2D eigenvalue weighted by Crippen LogP contribution is 2.38. The van der Waals surface area contributed by atoms with Crippen LogP contribution in [0.3, 0.4) is 0 Å². The van der Waals surface area contributed by atoms with E-state index in [2.05, 4.69) is 111 Å². The molecule has 0 aromatic heterocycles. The smallest absolute Gasteiger partial charge is 0.306 e. The van der Waals surface area contributed by atoms with Crippen molar-refractivity contribution in [1.82, 2.24) is 5.32 Å². The Morgan fingerprint density at radius 2 is 0.840 bits per heavy atom. The van der Waals surface area contributed by atoms with Crippen LogP contribution in [-0.2, 0) is 27.9 Å². The van der Waals surface area contributed by atoms with E-state index in [4.69, 9.17) is 13.8 Å². The van der Waals surface area contributed by atoms with E-state index in [9.17, 15) is 19.0 Å². The van der Waals surface area contributed by atoms with Gasteiger partial charge in [-0.15, -0.1) is 0 Å². The number of rotatable bonds is 60. The fourth-order valence-electron chi connectivity index (χ4n) is 9.39. The molecule has 1 N–H and O–H groups in total. The van der Waals surface area contributed by atoms with Crippen molar-refractivity contribution < 1.29 is 37.3 Å². The lowest BCUT2D eigenvalue weighted by Crippen LogP contribution is -2.47. The summed E-state index contributed by atoms with van der Waals surface area (Å²) in [6.45, 7) is 6.69. The highest BCUT2D eigenvalue weighted by molar-refractivity contribution is 7.45. The number of amides is 1. The number of nitrogens with zero attached hydrogens (tertiary/aromatic N) is 1. The third-order valence-corrected chi connectivity index (χ3v) is 15.5. The fourth-order valence-corrected chi connectivity index (χ4v) is 10.1. The molecule has 0 aliphatic rings. The lowest BCUT2D eigenvalue weighted by atomic mass is 10.0. The summed E-state index contributed by atoms with van der Waals surface area (Å²) < 4.78 is 30.4. The minimum Gasteiger partial charge on any atom is -0.756 e. The Kier molecular flexibility index (Phi) is 57.8. The average Bonchev–Trinajstić information content (AvgIpc) is 3.44. The number of quaternary nitrogens is 1. The van der Waals surface area contributed by atoms with E-state index in [0.29, 0.717) is 23.9 Å². The van der Waals surface area contributed by atoms with E-state index in [0.717, 1.165) is 96.3 Å². The number of ether oxygens (including phenoxy) is 1. The Balaban J connectivity index is 5.11. The maximum absolute atomic E-state index is 13.6. The molecule has 0 aliphatic heterocycles. The number of likely N-dealkylation sites (N-methyl/N-ethyl adjacent to an activating group) is 1. The van der Waals surface area contributed by atoms with Gasteiger partial charge in [0.1, 0.15) is 19.3 Å². The third kappa shape index (κ3) is 61.3. The van der Waals surface area contributed by atoms with E-state index in [-0.39, 0.29) is 24.9 Å². The molecular formula is C71H127N2O7P. The molecule has 0 rings (SSSR count). The van der Waals surface area contributed by atoms with Crippen LogP contribution in [0.2, 0.25) is 0 Å². The summed E-state index contributed by atoms with van der Waals surface area (Å²) in [7, 11) is 1.17. The van der Waals surface area contributed by atoms with Gasteiger partial charge in [0.05, 0.1) is 33.8 Å². The quantitative estimate of drug-likeness (QED) is 0.0161. The van der Waals surface area contributed by atoms with Gasteiger partial charge in [0, 0.05) is 12.8 Å². The number of phosphoric ester groups is 1. The van der Waals surface area contributed by atoms with Gasteiger partial charge in [-0.2, -0.15) is 0 Å². The molecule has 0 saturated carbocycles. The molecule has 3 unspecified atom stereocenters. The molecule has 3 atom stereocenters. The number of esters is 1. The Labute approximate surface area is 500 Å². The minimum absolute atomic E-state index is 0.0288. The molecule has 9 nitrogen and oxygen atoms in total. The highest BCUT2D eigenvalue weighted by Gasteiger charge is 2.27. The monoisotopic (exact) mass is 1150 g/mol. The van der Waals surface area contributed by atoms with Gasteiger partial charge in [-0.3, -0.25) is 14.2 Å². The second kappa shape index (κ2) is 60.1. The van der Waals surface area contributed by atoms with Gasteiger partial charge in [-0.25, -0.2) is 0 Å². The normalized spacial score (nSPS) is 14.2. The molecule has 81 heavy (non-hydrogen) atoms. The van der Waals surface area contributed by atoms with Gasteiger partial charge in [0.25, 0.3) is 7.82 Å². The first-order valence-electron chi connectivity index (χ1n) is 33.6. The first-order chi connectivity index (χ1) is 39.4. The summed E-state index contributed by atoms with van der Waals surface area (Å²) in [5.74, 6) is -0.557. The second-order valence-corrected chi connectivity index (χ2v) is 25.1. The van der Waals surface area contributed by atoms with Crippen LogP contribution in [0.5, 0.6) is 0 Å². The number of nitrogens with one attached hydrogen (secondary N) is 1. The zero-order chi connectivity index (χ0) is 59.3. The zero-order valence-corrected chi connectivity index (χ0v) is 54.4.